The lowest BCUT2D eigenvalue weighted by atomic mass is 10.1. The van der Waals surface area contributed by atoms with Crippen LogP contribution < -0.4 is 0 Å². The minimum absolute atomic E-state index is 0.0959. The molecule has 0 aromatic heterocycles. The first kappa shape index (κ1) is 23.4. The molecule has 0 amide bonds. The minimum atomic E-state index is 0.0959. The number of methoxy groups -OCH3 is 1. The quantitative estimate of drug-likeness (QED) is 0.181. The molecule has 0 heterocycles. The molecule has 0 saturated heterocycles. The first-order valence-corrected chi connectivity index (χ1v) is 12.3. The van der Waals surface area contributed by atoms with Crippen LogP contribution in [0.4, 0.5) is 0 Å². The lowest BCUT2D eigenvalue weighted by molar-refractivity contribution is 0.157. The zero-order chi connectivity index (χ0) is 17.2. The molecule has 140 valence electrons. The summed E-state index contributed by atoms with van der Waals surface area (Å²) in [5, 5.41) is 0. The predicted octanol–water partition coefficient (Wildman–Crippen LogP) is 7.96. The van der Waals surface area contributed by atoms with E-state index in [0.717, 1.165) is 0 Å². The molecule has 1 unspecified atom stereocenters. The molecule has 1 atom stereocenters. The Bertz CT molecular complexity index is 208. The topological polar surface area (TPSA) is 9.23 Å². The van der Waals surface area contributed by atoms with Crippen LogP contribution in [-0.4, -0.2) is 25.3 Å². The Kier molecular flexibility index (Phi) is 19.0. The van der Waals surface area contributed by atoms with E-state index in [0.29, 0.717) is 5.85 Å². The van der Waals surface area contributed by atoms with Crippen LogP contribution in [0.5, 0.6) is 0 Å². The van der Waals surface area contributed by atoms with Crippen LogP contribution in [0, 0.1) is 0 Å². The number of hydrogen-bond donors (Lipinski definition) is 0. The maximum Gasteiger partial charge on any atom is 0.0761 e. The van der Waals surface area contributed by atoms with Crippen molar-refractivity contribution in [3.8, 4) is 0 Å². The highest BCUT2D eigenvalue weighted by molar-refractivity contribution is 7.58. The van der Waals surface area contributed by atoms with Crippen LogP contribution in [-0.2, 0) is 4.74 Å². The van der Waals surface area contributed by atoms with E-state index in [4.69, 9.17) is 4.74 Å². The van der Waals surface area contributed by atoms with Crippen molar-refractivity contribution in [1.29, 1.82) is 0 Å². The Hall–Kier alpha value is 0.390. The van der Waals surface area contributed by atoms with Gasteiger partial charge in [0.1, 0.15) is 0 Å². The van der Waals surface area contributed by atoms with Gasteiger partial charge in [-0.25, -0.2) is 0 Å². The Morgan fingerprint density at radius 1 is 0.609 bits per heavy atom. The third-order valence-electron chi connectivity index (χ3n) is 4.83. The van der Waals surface area contributed by atoms with E-state index in [2.05, 4.69) is 20.8 Å². The molecule has 0 aliphatic heterocycles. The number of ether oxygens (including phenoxy) is 1. The second-order valence-corrected chi connectivity index (χ2v) is 9.70. The summed E-state index contributed by atoms with van der Waals surface area (Å²) in [6.45, 7) is 6.91. The van der Waals surface area contributed by atoms with Crippen molar-refractivity contribution in [3.05, 3.63) is 0 Å². The normalized spacial score (nSPS) is 12.9. The molecule has 0 aliphatic carbocycles. The first-order chi connectivity index (χ1) is 11.3. The predicted molar refractivity (Wildman–Crippen MR) is 109 cm³/mol. The summed E-state index contributed by atoms with van der Waals surface area (Å²) in [5.41, 5.74) is 0. The molecule has 0 aliphatic rings. The monoisotopic (exact) mass is 344 g/mol. The van der Waals surface area contributed by atoms with Crippen molar-refractivity contribution >= 4 is 7.92 Å². The van der Waals surface area contributed by atoms with Gasteiger partial charge in [0.05, 0.1) is 5.85 Å². The van der Waals surface area contributed by atoms with Crippen LogP contribution in [0.1, 0.15) is 111 Å². The maximum atomic E-state index is 5.96. The highest BCUT2D eigenvalue weighted by Gasteiger charge is 2.19. The standard InChI is InChI=1S/C21H45OP/c1-5-8-11-14-15-18-21(22-4)23(19-16-12-9-6-2)20-17-13-10-7-3/h21H,5-20H2,1-4H3. The lowest BCUT2D eigenvalue weighted by Crippen LogP contribution is -2.13. The van der Waals surface area contributed by atoms with Gasteiger partial charge in [0.25, 0.3) is 0 Å². The van der Waals surface area contributed by atoms with Gasteiger partial charge in [-0.15, -0.1) is 0 Å². The molecule has 2 heteroatoms. The zero-order valence-electron chi connectivity index (χ0n) is 16.7. The van der Waals surface area contributed by atoms with Crippen LogP contribution in [0.25, 0.3) is 0 Å². The summed E-state index contributed by atoms with van der Waals surface area (Å²) in [6.07, 6.45) is 22.4. The van der Waals surface area contributed by atoms with Crippen molar-refractivity contribution in [1.82, 2.24) is 0 Å². The molecule has 0 aromatic rings. The van der Waals surface area contributed by atoms with Crippen LogP contribution in [0.15, 0.2) is 0 Å². The molecule has 0 aromatic carbocycles. The van der Waals surface area contributed by atoms with Gasteiger partial charge >= 0.3 is 0 Å². The number of hydrogen-bond acceptors (Lipinski definition) is 1. The van der Waals surface area contributed by atoms with Gasteiger partial charge in [0.15, 0.2) is 0 Å². The smallest absolute Gasteiger partial charge is 0.0761 e. The molecule has 0 radical (unpaired) electrons. The van der Waals surface area contributed by atoms with Crippen molar-refractivity contribution in [3.63, 3.8) is 0 Å². The minimum Gasteiger partial charge on any atom is -0.377 e. The molecule has 1 nitrogen and oxygen atoms in total. The summed E-state index contributed by atoms with van der Waals surface area (Å²) >= 11 is 0. The van der Waals surface area contributed by atoms with Crippen LogP contribution >= 0.6 is 7.92 Å². The van der Waals surface area contributed by atoms with Crippen molar-refractivity contribution < 1.29 is 4.74 Å². The van der Waals surface area contributed by atoms with Crippen molar-refractivity contribution in [2.45, 2.75) is 117 Å². The zero-order valence-corrected chi connectivity index (χ0v) is 17.6. The number of unbranched alkanes of at least 4 members (excludes halogenated alkanes) is 10. The summed E-state index contributed by atoms with van der Waals surface area (Å²) in [4.78, 5) is 0. The molecule has 0 fully saturated rings. The van der Waals surface area contributed by atoms with Gasteiger partial charge in [-0.2, -0.15) is 0 Å². The third-order valence-corrected chi connectivity index (χ3v) is 7.90. The number of rotatable bonds is 18. The van der Waals surface area contributed by atoms with Crippen LogP contribution in [0.2, 0.25) is 0 Å². The average Bonchev–Trinajstić information content (AvgIpc) is 2.57. The second-order valence-electron chi connectivity index (χ2n) is 7.05. The second kappa shape index (κ2) is 18.7. The fraction of sp³-hybridized carbons (Fsp3) is 1.00. The van der Waals surface area contributed by atoms with Gasteiger partial charge < -0.3 is 4.74 Å². The van der Waals surface area contributed by atoms with E-state index < -0.39 is 0 Å². The molecular weight excluding hydrogens is 299 g/mol. The van der Waals surface area contributed by atoms with E-state index in [1.807, 2.05) is 7.11 Å². The highest BCUT2D eigenvalue weighted by Crippen LogP contribution is 2.46. The largest absolute Gasteiger partial charge is 0.377 e. The molecule has 0 spiro atoms. The van der Waals surface area contributed by atoms with Gasteiger partial charge in [-0.05, 0) is 31.6 Å². The van der Waals surface area contributed by atoms with E-state index in [1.54, 1.807) is 0 Å². The Labute approximate surface area is 149 Å². The SMILES string of the molecule is CCCCCCCC(OC)P(CCCCCC)CCCCCC. The van der Waals surface area contributed by atoms with Crippen molar-refractivity contribution in [2.24, 2.45) is 0 Å². The van der Waals surface area contributed by atoms with E-state index in [-0.39, 0.29) is 7.92 Å². The lowest BCUT2D eigenvalue weighted by Gasteiger charge is -2.27. The van der Waals surface area contributed by atoms with Gasteiger partial charge in [0.2, 0.25) is 0 Å². The Morgan fingerprint density at radius 2 is 1.04 bits per heavy atom. The van der Waals surface area contributed by atoms with Gasteiger partial charge in [-0.1, -0.05) is 99.3 Å². The summed E-state index contributed by atoms with van der Waals surface area (Å²) < 4.78 is 5.96. The maximum absolute atomic E-state index is 5.96. The molecule has 0 N–H and O–H groups in total. The Balaban J connectivity index is 4.15. The summed E-state index contributed by atoms with van der Waals surface area (Å²) in [7, 11) is 2.06. The molecule has 0 rings (SSSR count). The third kappa shape index (κ3) is 14.4. The molecule has 0 bridgehead atoms. The molecule has 0 saturated carbocycles. The summed E-state index contributed by atoms with van der Waals surface area (Å²) in [5.74, 6) is 0.579. The average molecular weight is 345 g/mol. The highest BCUT2D eigenvalue weighted by atomic mass is 31.1. The van der Waals surface area contributed by atoms with Crippen molar-refractivity contribution in [2.75, 3.05) is 19.4 Å². The van der Waals surface area contributed by atoms with E-state index in [1.165, 1.54) is 102 Å². The van der Waals surface area contributed by atoms with Crippen LogP contribution in [0.3, 0.4) is 0 Å². The molecular formula is C21H45OP. The first-order valence-electron chi connectivity index (χ1n) is 10.6. The molecule has 23 heavy (non-hydrogen) atoms. The van der Waals surface area contributed by atoms with E-state index >= 15 is 0 Å². The Morgan fingerprint density at radius 3 is 1.48 bits per heavy atom. The van der Waals surface area contributed by atoms with Gasteiger partial charge in [0, 0.05) is 7.11 Å². The van der Waals surface area contributed by atoms with E-state index in [9.17, 15) is 0 Å². The van der Waals surface area contributed by atoms with Gasteiger partial charge in [-0.3, -0.25) is 0 Å². The fourth-order valence-electron chi connectivity index (χ4n) is 3.26. The summed E-state index contributed by atoms with van der Waals surface area (Å²) in [6, 6.07) is 0. The fourth-order valence-corrected chi connectivity index (χ4v) is 6.16.